The lowest BCUT2D eigenvalue weighted by molar-refractivity contribution is -0.385. The monoisotopic (exact) mass is 398 g/mol. The maximum atomic E-state index is 12.6. The summed E-state index contributed by atoms with van der Waals surface area (Å²) in [6.07, 6.45) is 0.943. The van der Waals surface area contributed by atoms with E-state index in [1.165, 1.54) is 24.3 Å². The molecule has 0 spiro atoms. The SMILES string of the molecule is N#C/C(=C\c1ccc(O)c([N+](=O)[O-])c1)S(=O)(=O)c1cc(Cl)ccc1Cl. The molecule has 0 heterocycles. The average molecular weight is 399 g/mol. The van der Waals surface area contributed by atoms with Crippen molar-refractivity contribution in [2.24, 2.45) is 0 Å². The normalized spacial score (nSPS) is 11.8. The van der Waals surface area contributed by atoms with Gasteiger partial charge < -0.3 is 5.11 Å². The van der Waals surface area contributed by atoms with E-state index in [2.05, 4.69) is 0 Å². The van der Waals surface area contributed by atoms with Gasteiger partial charge in [0, 0.05) is 11.1 Å². The number of hydrogen-bond acceptors (Lipinski definition) is 6. The van der Waals surface area contributed by atoms with Crippen LogP contribution in [0.25, 0.3) is 6.08 Å². The second-order valence-corrected chi connectivity index (χ2v) is 7.43. The van der Waals surface area contributed by atoms with E-state index >= 15 is 0 Å². The van der Waals surface area contributed by atoms with Crippen molar-refractivity contribution < 1.29 is 18.4 Å². The van der Waals surface area contributed by atoms with Gasteiger partial charge in [0.05, 0.1) is 14.8 Å². The van der Waals surface area contributed by atoms with Gasteiger partial charge in [-0.05, 0) is 35.9 Å². The van der Waals surface area contributed by atoms with Crippen LogP contribution in [0.4, 0.5) is 5.69 Å². The zero-order chi connectivity index (χ0) is 18.8. The molecule has 2 rings (SSSR count). The van der Waals surface area contributed by atoms with Gasteiger partial charge in [0.15, 0.2) is 5.75 Å². The summed E-state index contributed by atoms with van der Waals surface area (Å²) in [5, 5.41) is 29.5. The fraction of sp³-hybridized carbons (Fsp3) is 0. The first-order valence-electron chi connectivity index (χ1n) is 6.46. The number of allylic oxidation sites excluding steroid dienone is 1. The molecule has 7 nitrogen and oxygen atoms in total. The Bertz CT molecular complexity index is 1040. The van der Waals surface area contributed by atoms with Gasteiger partial charge in [-0.1, -0.05) is 29.3 Å². The minimum absolute atomic E-state index is 0.0442. The third-order valence-corrected chi connectivity index (χ3v) is 5.46. The van der Waals surface area contributed by atoms with Crippen molar-refractivity contribution in [3.05, 3.63) is 67.0 Å². The molecule has 0 saturated heterocycles. The van der Waals surface area contributed by atoms with Gasteiger partial charge in [-0.2, -0.15) is 5.26 Å². The van der Waals surface area contributed by atoms with Crippen LogP contribution >= 0.6 is 23.2 Å². The maximum absolute atomic E-state index is 12.6. The lowest BCUT2D eigenvalue weighted by Gasteiger charge is -2.06. The molecule has 2 aromatic rings. The predicted molar refractivity (Wildman–Crippen MR) is 92.0 cm³/mol. The van der Waals surface area contributed by atoms with Crippen LogP contribution in [-0.2, 0) is 9.84 Å². The molecular weight excluding hydrogens is 391 g/mol. The first kappa shape index (κ1) is 18.7. The lowest BCUT2D eigenvalue weighted by atomic mass is 10.2. The van der Waals surface area contributed by atoms with E-state index in [0.29, 0.717) is 0 Å². The van der Waals surface area contributed by atoms with Crippen molar-refractivity contribution in [1.29, 1.82) is 5.26 Å². The van der Waals surface area contributed by atoms with E-state index in [1.807, 2.05) is 0 Å². The number of sulfone groups is 1. The van der Waals surface area contributed by atoms with Gasteiger partial charge in [-0.25, -0.2) is 8.42 Å². The second kappa shape index (κ2) is 7.11. The highest BCUT2D eigenvalue weighted by Gasteiger charge is 2.24. The van der Waals surface area contributed by atoms with E-state index in [0.717, 1.165) is 24.3 Å². The highest BCUT2D eigenvalue weighted by molar-refractivity contribution is 7.95. The Morgan fingerprint density at radius 2 is 1.92 bits per heavy atom. The Hall–Kier alpha value is -2.60. The minimum atomic E-state index is -4.29. The van der Waals surface area contributed by atoms with Gasteiger partial charge in [0.1, 0.15) is 11.0 Å². The number of halogens is 2. The van der Waals surface area contributed by atoms with Crippen molar-refractivity contribution in [3.63, 3.8) is 0 Å². The highest BCUT2D eigenvalue weighted by Crippen LogP contribution is 2.32. The van der Waals surface area contributed by atoms with Crippen LogP contribution < -0.4 is 0 Å². The molecule has 0 bridgehead atoms. The molecule has 0 fully saturated rings. The summed E-state index contributed by atoms with van der Waals surface area (Å²) in [6, 6.07) is 8.51. The third-order valence-electron chi connectivity index (χ3n) is 3.08. The number of aromatic hydroxyl groups is 1. The first-order valence-corrected chi connectivity index (χ1v) is 8.70. The van der Waals surface area contributed by atoms with Gasteiger partial charge in [0.25, 0.3) is 0 Å². The smallest absolute Gasteiger partial charge is 0.311 e. The number of hydrogen-bond donors (Lipinski definition) is 1. The summed E-state index contributed by atoms with van der Waals surface area (Å²) in [5.41, 5.74) is -0.577. The summed E-state index contributed by atoms with van der Waals surface area (Å²) in [7, 11) is -4.29. The van der Waals surface area contributed by atoms with Crippen LogP contribution in [0.1, 0.15) is 5.56 Å². The van der Waals surface area contributed by atoms with Gasteiger partial charge in [0.2, 0.25) is 9.84 Å². The summed E-state index contributed by atoms with van der Waals surface area (Å²) in [4.78, 5) is 8.96. The van der Waals surface area contributed by atoms with Crippen LogP contribution in [-0.4, -0.2) is 18.4 Å². The van der Waals surface area contributed by atoms with E-state index in [1.54, 1.807) is 0 Å². The van der Waals surface area contributed by atoms with Crippen molar-refractivity contribution >= 4 is 44.8 Å². The molecule has 0 amide bonds. The fourth-order valence-electron chi connectivity index (χ4n) is 1.90. The Kier molecular flexibility index (Phi) is 5.33. The molecule has 2 aromatic carbocycles. The predicted octanol–water partition coefficient (Wildman–Crippen LogP) is 3.95. The number of nitro benzene ring substituents is 1. The third kappa shape index (κ3) is 3.91. The van der Waals surface area contributed by atoms with Gasteiger partial charge >= 0.3 is 5.69 Å². The summed E-state index contributed by atoms with van der Waals surface area (Å²) < 4.78 is 25.2. The molecule has 0 radical (unpaired) electrons. The molecule has 1 N–H and O–H groups in total. The fourth-order valence-corrected chi connectivity index (χ4v) is 3.81. The Labute approximate surface area is 152 Å². The topological polar surface area (TPSA) is 121 Å². The molecule has 0 aliphatic rings. The van der Waals surface area contributed by atoms with Gasteiger partial charge in [-0.3, -0.25) is 10.1 Å². The van der Waals surface area contributed by atoms with E-state index in [9.17, 15) is 28.9 Å². The zero-order valence-electron chi connectivity index (χ0n) is 12.2. The van der Waals surface area contributed by atoms with Crippen LogP contribution in [0.3, 0.4) is 0 Å². The highest BCUT2D eigenvalue weighted by atomic mass is 35.5. The van der Waals surface area contributed by atoms with Crippen LogP contribution in [0, 0.1) is 21.4 Å². The number of phenolic OH excluding ortho intramolecular Hbond substituents is 1. The number of nitriles is 1. The molecule has 25 heavy (non-hydrogen) atoms. The molecule has 0 aliphatic heterocycles. The number of phenols is 1. The quantitative estimate of drug-likeness (QED) is 0.472. The van der Waals surface area contributed by atoms with Crippen LogP contribution in [0.2, 0.25) is 10.0 Å². The Morgan fingerprint density at radius 1 is 1.24 bits per heavy atom. The zero-order valence-corrected chi connectivity index (χ0v) is 14.5. The van der Waals surface area contributed by atoms with Crippen molar-refractivity contribution in [3.8, 4) is 11.8 Å². The number of rotatable bonds is 4. The van der Waals surface area contributed by atoms with Crippen LogP contribution in [0.5, 0.6) is 5.75 Å². The summed E-state index contributed by atoms with van der Waals surface area (Å²) in [5.74, 6) is -0.582. The van der Waals surface area contributed by atoms with Crippen LogP contribution in [0.15, 0.2) is 46.2 Å². The molecule has 128 valence electrons. The average Bonchev–Trinajstić information content (AvgIpc) is 2.55. The largest absolute Gasteiger partial charge is 0.502 e. The van der Waals surface area contributed by atoms with E-state index in [-0.39, 0.29) is 20.5 Å². The van der Waals surface area contributed by atoms with Crippen molar-refractivity contribution in [2.45, 2.75) is 4.90 Å². The van der Waals surface area contributed by atoms with E-state index in [4.69, 9.17) is 23.2 Å². The number of nitro groups is 1. The first-order chi connectivity index (χ1) is 11.7. The second-order valence-electron chi connectivity index (χ2n) is 4.70. The molecule has 0 unspecified atom stereocenters. The summed E-state index contributed by atoms with van der Waals surface area (Å²) >= 11 is 11.7. The van der Waals surface area contributed by atoms with E-state index < -0.39 is 31.1 Å². The Balaban J connectivity index is 2.62. The van der Waals surface area contributed by atoms with Crippen molar-refractivity contribution in [2.75, 3.05) is 0 Å². The maximum Gasteiger partial charge on any atom is 0.311 e. The molecule has 0 saturated carbocycles. The number of nitrogens with zero attached hydrogens (tertiary/aromatic N) is 2. The lowest BCUT2D eigenvalue weighted by Crippen LogP contribution is -2.04. The molecule has 0 aromatic heterocycles. The standard InChI is InChI=1S/C15H8Cl2N2O5S/c16-10-2-3-12(17)15(7-10)25(23,24)11(8-18)5-9-1-4-14(20)13(6-9)19(21)22/h1-7,20H/b11-5+. The van der Waals surface area contributed by atoms with Gasteiger partial charge in [-0.15, -0.1) is 0 Å². The Morgan fingerprint density at radius 3 is 2.52 bits per heavy atom. The molecule has 0 atom stereocenters. The minimum Gasteiger partial charge on any atom is -0.502 e. The molecule has 10 heteroatoms. The number of benzene rings is 2. The summed E-state index contributed by atoms with van der Waals surface area (Å²) in [6.45, 7) is 0. The molecule has 0 aliphatic carbocycles. The van der Waals surface area contributed by atoms with Crippen molar-refractivity contribution in [1.82, 2.24) is 0 Å². The molecular formula is C15H8Cl2N2O5S.